The van der Waals surface area contributed by atoms with E-state index in [4.69, 9.17) is 11.6 Å². The van der Waals surface area contributed by atoms with Gasteiger partial charge in [0.15, 0.2) is 11.6 Å². The lowest BCUT2D eigenvalue weighted by Crippen LogP contribution is -2.15. The van der Waals surface area contributed by atoms with E-state index in [1.54, 1.807) is 6.07 Å². The highest BCUT2D eigenvalue weighted by molar-refractivity contribution is 6.31. The average molecular weight is 257 g/mol. The molecule has 3 heteroatoms. The van der Waals surface area contributed by atoms with Gasteiger partial charge in [-0.2, -0.15) is 0 Å². The summed E-state index contributed by atoms with van der Waals surface area (Å²) in [7, 11) is 0. The van der Waals surface area contributed by atoms with Crippen molar-refractivity contribution in [2.24, 2.45) is 5.92 Å². The third kappa shape index (κ3) is 3.53. The fourth-order valence-corrected chi connectivity index (χ4v) is 2.06. The molecule has 0 bridgehead atoms. The average Bonchev–Trinajstić information content (AvgIpc) is 2.33. The van der Waals surface area contributed by atoms with Crippen LogP contribution in [0.3, 0.4) is 0 Å². The largest absolute Gasteiger partial charge is 0.294 e. The van der Waals surface area contributed by atoms with Crippen molar-refractivity contribution in [3.63, 3.8) is 0 Å². The van der Waals surface area contributed by atoms with Crippen molar-refractivity contribution in [3.05, 3.63) is 34.6 Å². The Kier molecular flexibility index (Phi) is 5.63. The number of unbranched alkanes of at least 4 members (excludes halogenated alkanes) is 1. The molecule has 0 aliphatic carbocycles. The zero-order valence-electron chi connectivity index (χ0n) is 10.3. The van der Waals surface area contributed by atoms with Crippen LogP contribution in [0.15, 0.2) is 18.2 Å². The molecule has 1 atom stereocenters. The molecule has 1 aromatic rings. The number of rotatable bonds is 6. The lowest BCUT2D eigenvalue weighted by molar-refractivity contribution is 0.0904. The van der Waals surface area contributed by atoms with Crippen molar-refractivity contribution in [2.45, 2.75) is 39.5 Å². The highest BCUT2D eigenvalue weighted by Gasteiger charge is 2.21. The Labute approximate surface area is 107 Å². The van der Waals surface area contributed by atoms with Crippen LogP contribution in [-0.2, 0) is 0 Å². The van der Waals surface area contributed by atoms with Crippen LogP contribution in [0.1, 0.15) is 49.9 Å². The summed E-state index contributed by atoms with van der Waals surface area (Å²) in [6, 6.07) is 4.59. The smallest absolute Gasteiger partial charge is 0.168 e. The normalized spacial score (nSPS) is 12.5. The Bertz CT molecular complexity index is 390. The van der Waals surface area contributed by atoms with E-state index in [2.05, 4.69) is 6.92 Å². The molecular weight excluding hydrogens is 239 g/mol. The minimum absolute atomic E-state index is 0.0150. The molecule has 0 aromatic heterocycles. The SMILES string of the molecule is CCCC[C@H](CC)C(=O)c1cccc(Cl)c1F. The minimum atomic E-state index is -0.589. The molecule has 0 radical (unpaired) electrons. The van der Waals surface area contributed by atoms with Gasteiger partial charge in [-0.05, 0) is 25.0 Å². The molecule has 1 rings (SSSR count). The fraction of sp³-hybridized carbons (Fsp3) is 0.500. The van der Waals surface area contributed by atoms with E-state index >= 15 is 0 Å². The monoisotopic (exact) mass is 256 g/mol. The molecule has 0 fully saturated rings. The number of carbonyl (C=O) groups is 1. The molecular formula is C14H18ClFO. The first-order chi connectivity index (χ1) is 8.11. The van der Waals surface area contributed by atoms with Crippen LogP contribution in [0.5, 0.6) is 0 Å². The van der Waals surface area contributed by atoms with E-state index in [9.17, 15) is 9.18 Å². The van der Waals surface area contributed by atoms with Gasteiger partial charge in [-0.3, -0.25) is 4.79 Å². The molecule has 0 unspecified atom stereocenters. The zero-order chi connectivity index (χ0) is 12.8. The van der Waals surface area contributed by atoms with E-state index < -0.39 is 5.82 Å². The number of hydrogen-bond acceptors (Lipinski definition) is 1. The Morgan fingerprint density at radius 1 is 1.41 bits per heavy atom. The summed E-state index contributed by atoms with van der Waals surface area (Å²) in [4.78, 5) is 12.2. The molecule has 17 heavy (non-hydrogen) atoms. The van der Waals surface area contributed by atoms with Gasteiger partial charge in [-0.15, -0.1) is 0 Å². The van der Waals surface area contributed by atoms with Gasteiger partial charge in [0.1, 0.15) is 0 Å². The highest BCUT2D eigenvalue weighted by Crippen LogP contribution is 2.24. The third-order valence-electron chi connectivity index (χ3n) is 2.99. The molecule has 0 spiro atoms. The van der Waals surface area contributed by atoms with Gasteiger partial charge < -0.3 is 0 Å². The van der Waals surface area contributed by atoms with E-state index in [-0.39, 0.29) is 22.3 Å². The fourth-order valence-electron chi connectivity index (χ4n) is 1.89. The summed E-state index contributed by atoms with van der Waals surface area (Å²) in [5.74, 6) is -0.807. The summed E-state index contributed by atoms with van der Waals surface area (Å²) in [6.45, 7) is 4.04. The number of carbonyl (C=O) groups excluding carboxylic acids is 1. The predicted molar refractivity (Wildman–Crippen MR) is 69.0 cm³/mol. The van der Waals surface area contributed by atoms with E-state index in [1.165, 1.54) is 12.1 Å². The molecule has 94 valence electrons. The molecule has 0 heterocycles. The zero-order valence-corrected chi connectivity index (χ0v) is 11.1. The second-order valence-corrected chi connectivity index (χ2v) is 4.62. The van der Waals surface area contributed by atoms with Crippen molar-refractivity contribution in [2.75, 3.05) is 0 Å². The van der Waals surface area contributed by atoms with Gasteiger partial charge in [0.25, 0.3) is 0 Å². The Morgan fingerprint density at radius 2 is 2.12 bits per heavy atom. The quantitative estimate of drug-likeness (QED) is 0.663. The van der Waals surface area contributed by atoms with Crippen molar-refractivity contribution in [1.82, 2.24) is 0 Å². The molecule has 1 nitrogen and oxygen atoms in total. The van der Waals surface area contributed by atoms with E-state index in [1.807, 2.05) is 6.92 Å². The van der Waals surface area contributed by atoms with Gasteiger partial charge in [0.2, 0.25) is 0 Å². The number of Topliss-reactive ketones (excluding diaryl/α,β-unsaturated/α-hetero) is 1. The molecule has 0 saturated carbocycles. The number of hydrogen-bond donors (Lipinski definition) is 0. The molecule has 0 aliphatic heterocycles. The molecule has 0 N–H and O–H groups in total. The second-order valence-electron chi connectivity index (χ2n) is 4.21. The van der Waals surface area contributed by atoms with Crippen LogP contribution in [-0.4, -0.2) is 5.78 Å². The summed E-state index contributed by atoms with van der Waals surface area (Å²) in [5, 5.41) is 0.0150. The Hall–Kier alpha value is -0.890. The molecule has 0 aliphatic rings. The summed E-state index contributed by atoms with van der Waals surface area (Å²) in [5.41, 5.74) is 0.125. The summed E-state index contributed by atoms with van der Waals surface area (Å²) in [6.07, 6.45) is 3.59. The molecule has 1 aromatic carbocycles. The first-order valence-corrected chi connectivity index (χ1v) is 6.47. The van der Waals surface area contributed by atoms with Gasteiger partial charge in [0, 0.05) is 5.92 Å². The molecule has 0 saturated heterocycles. The summed E-state index contributed by atoms with van der Waals surface area (Å²) >= 11 is 5.68. The summed E-state index contributed by atoms with van der Waals surface area (Å²) < 4.78 is 13.7. The predicted octanol–water partition coefficient (Wildman–Crippen LogP) is 4.88. The minimum Gasteiger partial charge on any atom is -0.294 e. The highest BCUT2D eigenvalue weighted by atomic mass is 35.5. The Morgan fingerprint density at radius 3 is 2.71 bits per heavy atom. The maximum absolute atomic E-state index is 13.7. The number of ketones is 1. The second kappa shape index (κ2) is 6.75. The van der Waals surface area contributed by atoms with Crippen LogP contribution >= 0.6 is 11.6 Å². The van der Waals surface area contributed by atoms with Gasteiger partial charge in [-0.1, -0.05) is 44.4 Å². The topological polar surface area (TPSA) is 17.1 Å². The maximum atomic E-state index is 13.7. The lowest BCUT2D eigenvalue weighted by Gasteiger charge is -2.13. The first-order valence-electron chi connectivity index (χ1n) is 6.10. The molecule has 0 amide bonds. The van der Waals surface area contributed by atoms with Crippen molar-refractivity contribution < 1.29 is 9.18 Å². The van der Waals surface area contributed by atoms with E-state index in [0.717, 1.165) is 25.7 Å². The first kappa shape index (κ1) is 14.2. The van der Waals surface area contributed by atoms with Gasteiger partial charge in [0.05, 0.1) is 10.6 Å². The van der Waals surface area contributed by atoms with Crippen LogP contribution in [0.4, 0.5) is 4.39 Å². The van der Waals surface area contributed by atoms with Crippen molar-refractivity contribution in [3.8, 4) is 0 Å². The van der Waals surface area contributed by atoms with Gasteiger partial charge >= 0.3 is 0 Å². The van der Waals surface area contributed by atoms with Crippen molar-refractivity contribution >= 4 is 17.4 Å². The lowest BCUT2D eigenvalue weighted by atomic mass is 9.90. The standard InChI is InChI=1S/C14H18ClFO/c1-3-5-7-10(4-2)14(17)11-8-6-9-12(15)13(11)16/h6,8-10H,3-5,7H2,1-2H3/t10-/m0/s1. The third-order valence-corrected chi connectivity index (χ3v) is 3.28. The van der Waals surface area contributed by atoms with Gasteiger partial charge in [-0.25, -0.2) is 4.39 Å². The van der Waals surface area contributed by atoms with Crippen LogP contribution in [0, 0.1) is 11.7 Å². The number of benzene rings is 1. The number of halogens is 2. The van der Waals surface area contributed by atoms with E-state index in [0.29, 0.717) is 0 Å². The van der Waals surface area contributed by atoms with Crippen LogP contribution in [0.25, 0.3) is 0 Å². The van der Waals surface area contributed by atoms with Crippen molar-refractivity contribution in [1.29, 1.82) is 0 Å². The van der Waals surface area contributed by atoms with Crippen LogP contribution in [0.2, 0.25) is 5.02 Å². The maximum Gasteiger partial charge on any atom is 0.168 e. The van der Waals surface area contributed by atoms with Crippen LogP contribution < -0.4 is 0 Å². The Balaban J connectivity index is 2.90.